The van der Waals surface area contributed by atoms with E-state index in [4.69, 9.17) is 24.7 Å². The van der Waals surface area contributed by atoms with Crippen LogP contribution in [0.5, 0.6) is 11.5 Å². The number of methoxy groups -OCH3 is 1. The van der Waals surface area contributed by atoms with Gasteiger partial charge >= 0.3 is 5.97 Å². The summed E-state index contributed by atoms with van der Waals surface area (Å²) in [4.78, 5) is 12.7. The van der Waals surface area contributed by atoms with Gasteiger partial charge in [-0.15, -0.1) is 0 Å². The van der Waals surface area contributed by atoms with Crippen molar-refractivity contribution in [2.75, 3.05) is 13.7 Å². The molecule has 7 nitrogen and oxygen atoms in total. The van der Waals surface area contributed by atoms with Gasteiger partial charge < -0.3 is 24.7 Å². The monoisotopic (exact) mass is 438 g/mol. The molecule has 0 aromatic heterocycles. The van der Waals surface area contributed by atoms with Crippen LogP contribution in [0.2, 0.25) is 0 Å². The van der Waals surface area contributed by atoms with E-state index in [1.807, 2.05) is 6.07 Å². The Labute approximate surface area is 185 Å². The van der Waals surface area contributed by atoms with E-state index in [1.165, 1.54) is 19.2 Å². The maximum atomic E-state index is 14.0. The third-order valence-electron chi connectivity index (χ3n) is 4.96. The number of para-hydroxylation sites is 1. The fourth-order valence-electron chi connectivity index (χ4n) is 3.50. The zero-order valence-corrected chi connectivity index (χ0v) is 18.0. The van der Waals surface area contributed by atoms with Crippen molar-refractivity contribution in [1.29, 1.82) is 5.26 Å². The van der Waals surface area contributed by atoms with E-state index in [0.717, 1.165) is 0 Å². The molecule has 8 heteroatoms. The molecule has 2 aromatic rings. The molecule has 0 aliphatic carbocycles. The minimum Gasteiger partial charge on any atom is -0.496 e. The lowest BCUT2D eigenvalue weighted by Gasteiger charge is -2.27. The zero-order chi connectivity index (χ0) is 23.3. The van der Waals surface area contributed by atoms with Crippen LogP contribution in [-0.4, -0.2) is 19.7 Å². The van der Waals surface area contributed by atoms with E-state index in [9.17, 15) is 14.4 Å². The quantitative estimate of drug-likeness (QED) is 0.650. The summed E-state index contributed by atoms with van der Waals surface area (Å²) < 4.78 is 35.6. The van der Waals surface area contributed by atoms with E-state index in [0.29, 0.717) is 16.9 Å². The summed E-state index contributed by atoms with van der Waals surface area (Å²) in [7, 11) is 1.50. The summed E-state index contributed by atoms with van der Waals surface area (Å²) in [6, 6.07) is 13.2. The molecule has 1 aliphatic rings. The van der Waals surface area contributed by atoms with Gasteiger partial charge in [-0.2, -0.15) is 5.26 Å². The van der Waals surface area contributed by atoms with E-state index < -0.39 is 17.7 Å². The highest BCUT2D eigenvalue weighted by Crippen LogP contribution is 2.40. The van der Waals surface area contributed by atoms with Crippen molar-refractivity contribution >= 4 is 5.97 Å². The molecule has 32 heavy (non-hydrogen) atoms. The van der Waals surface area contributed by atoms with Crippen molar-refractivity contribution in [1.82, 2.24) is 0 Å². The fraction of sp³-hybridized carbons (Fsp3) is 0.250. The number of nitrogens with two attached hydrogens (primary N) is 1. The van der Waals surface area contributed by atoms with Crippen LogP contribution in [0.25, 0.3) is 0 Å². The number of carbonyl (C=O) groups is 1. The molecule has 0 fully saturated rings. The van der Waals surface area contributed by atoms with Crippen LogP contribution in [0, 0.1) is 17.1 Å². The Balaban J connectivity index is 2.04. The lowest BCUT2D eigenvalue weighted by Crippen LogP contribution is -2.25. The molecular weight excluding hydrogens is 415 g/mol. The molecule has 166 valence electrons. The number of allylic oxidation sites excluding steroid dienone is 2. The second-order valence-electron chi connectivity index (χ2n) is 6.91. The number of hydrogen-bond donors (Lipinski definition) is 1. The summed E-state index contributed by atoms with van der Waals surface area (Å²) in [5.41, 5.74) is 7.40. The summed E-state index contributed by atoms with van der Waals surface area (Å²) in [5.74, 6) is -1.12. The maximum absolute atomic E-state index is 14.0. The van der Waals surface area contributed by atoms with Crippen LogP contribution >= 0.6 is 0 Å². The molecule has 2 aromatic carbocycles. The van der Waals surface area contributed by atoms with Gasteiger partial charge in [-0.05, 0) is 43.7 Å². The van der Waals surface area contributed by atoms with Gasteiger partial charge in [0.2, 0.25) is 5.88 Å². The molecule has 0 spiro atoms. The topological polar surface area (TPSA) is 104 Å². The SMILES string of the molecule is CCOC(=O)C1=C(C)OC(N)=C(C#N)C1c1ccc(OC)c(COc2ccccc2F)c1. The lowest BCUT2D eigenvalue weighted by molar-refractivity contribution is -0.139. The van der Waals surface area contributed by atoms with Crippen LogP contribution in [0.1, 0.15) is 30.9 Å². The molecular formula is C24H23FN2O5. The van der Waals surface area contributed by atoms with E-state index in [-0.39, 0.29) is 41.8 Å². The lowest BCUT2D eigenvalue weighted by atomic mass is 9.82. The number of esters is 1. The van der Waals surface area contributed by atoms with Gasteiger partial charge in [0.25, 0.3) is 0 Å². The first-order valence-electron chi connectivity index (χ1n) is 9.90. The molecule has 0 bridgehead atoms. The highest BCUT2D eigenvalue weighted by Gasteiger charge is 2.36. The molecule has 0 radical (unpaired) electrons. The van der Waals surface area contributed by atoms with Crippen LogP contribution < -0.4 is 15.2 Å². The number of nitriles is 1. The largest absolute Gasteiger partial charge is 0.496 e. The second kappa shape index (κ2) is 9.88. The average molecular weight is 438 g/mol. The van der Waals surface area contributed by atoms with Crippen molar-refractivity contribution in [3.05, 3.63) is 82.2 Å². The van der Waals surface area contributed by atoms with E-state index >= 15 is 0 Å². The van der Waals surface area contributed by atoms with Crippen molar-refractivity contribution < 1.29 is 28.1 Å². The number of rotatable bonds is 7. The number of carbonyl (C=O) groups excluding carboxylic acids is 1. The molecule has 1 aliphatic heterocycles. The summed E-state index contributed by atoms with van der Waals surface area (Å²) in [5, 5.41) is 9.73. The Morgan fingerprint density at radius 1 is 1.25 bits per heavy atom. The first kappa shape index (κ1) is 22.7. The van der Waals surface area contributed by atoms with Crippen LogP contribution in [-0.2, 0) is 20.9 Å². The van der Waals surface area contributed by atoms with Gasteiger partial charge in [0.15, 0.2) is 11.6 Å². The molecule has 1 atom stereocenters. The highest BCUT2D eigenvalue weighted by molar-refractivity contribution is 5.92. The minimum absolute atomic E-state index is 0.000311. The van der Waals surface area contributed by atoms with Gasteiger partial charge in [0, 0.05) is 5.56 Å². The normalized spacial score (nSPS) is 15.7. The average Bonchev–Trinajstić information content (AvgIpc) is 2.78. The Morgan fingerprint density at radius 2 is 2.00 bits per heavy atom. The Bertz CT molecular complexity index is 1130. The van der Waals surface area contributed by atoms with Crippen molar-refractivity contribution in [3.63, 3.8) is 0 Å². The molecule has 2 N–H and O–H groups in total. The summed E-state index contributed by atoms with van der Waals surface area (Å²) in [6.45, 7) is 3.44. The Hall–Kier alpha value is -3.99. The van der Waals surface area contributed by atoms with Gasteiger partial charge in [0.1, 0.15) is 29.8 Å². The van der Waals surface area contributed by atoms with Crippen molar-refractivity contribution in [2.24, 2.45) is 5.73 Å². The van der Waals surface area contributed by atoms with E-state index in [1.54, 1.807) is 44.2 Å². The van der Waals surface area contributed by atoms with Crippen molar-refractivity contribution in [3.8, 4) is 17.6 Å². The van der Waals surface area contributed by atoms with Crippen LogP contribution in [0.4, 0.5) is 4.39 Å². The van der Waals surface area contributed by atoms with Gasteiger partial charge in [-0.3, -0.25) is 0 Å². The first-order valence-corrected chi connectivity index (χ1v) is 9.90. The van der Waals surface area contributed by atoms with Crippen LogP contribution in [0.15, 0.2) is 65.3 Å². The molecule has 0 saturated carbocycles. The van der Waals surface area contributed by atoms with Crippen molar-refractivity contribution in [2.45, 2.75) is 26.4 Å². The zero-order valence-electron chi connectivity index (χ0n) is 18.0. The molecule has 1 unspecified atom stereocenters. The molecule has 0 amide bonds. The maximum Gasteiger partial charge on any atom is 0.338 e. The fourth-order valence-corrected chi connectivity index (χ4v) is 3.50. The Morgan fingerprint density at radius 3 is 2.66 bits per heavy atom. The smallest absolute Gasteiger partial charge is 0.338 e. The number of ether oxygens (including phenoxy) is 4. The van der Waals surface area contributed by atoms with E-state index in [2.05, 4.69) is 0 Å². The van der Waals surface area contributed by atoms with Gasteiger partial charge in [-0.25, -0.2) is 9.18 Å². The number of nitrogens with zero attached hydrogens (tertiary/aromatic N) is 1. The summed E-state index contributed by atoms with van der Waals surface area (Å²) >= 11 is 0. The standard InChI is InChI=1S/C24H23FN2O5/c1-4-30-24(28)21-14(2)32-23(27)17(12-26)22(21)15-9-10-19(29-3)16(11-15)13-31-20-8-6-5-7-18(20)25/h5-11,22H,4,13,27H2,1-3H3. The second-order valence-corrected chi connectivity index (χ2v) is 6.91. The third kappa shape index (κ3) is 4.52. The predicted octanol–water partition coefficient (Wildman–Crippen LogP) is 4.06. The number of benzene rings is 2. The minimum atomic E-state index is -0.800. The Kier molecular flexibility index (Phi) is 7.00. The third-order valence-corrected chi connectivity index (χ3v) is 4.96. The predicted molar refractivity (Wildman–Crippen MR) is 114 cm³/mol. The number of hydrogen-bond acceptors (Lipinski definition) is 7. The first-order chi connectivity index (χ1) is 15.4. The molecule has 0 saturated heterocycles. The number of halogens is 1. The molecule has 1 heterocycles. The van der Waals surface area contributed by atoms with Crippen LogP contribution in [0.3, 0.4) is 0 Å². The van der Waals surface area contributed by atoms with Gasteiger partial charge in [-0.1, -0.05) is 18.2 Å². The molecule has 3 rings (SSSR count). The van der Waals surface area contributed by atoms with Gasteiger partial charge in [0.05, 0.1) is 25.2 Å². The summed E-state index contributed by atoms with van der Waals surface area (Å²) in [6.07, 6.45) is 0. The highest BCUT2D eigenvalue weighted by atomic mass is 19.1.